The number of nitrogen functional groups attached to an aromatic ring is 1. The molecule has 0 aliphatic rings. The highest BCUT2D eigenvalue weighted by atomic mass is 16.5. The van der Waals surface area contributed by atoms with E-state index in [0.29, 0.717) is 12.4 Å². The number of nitrogens with two attached hydrogens (primary N) is 1. The molecule has 0 fully saturated rings. The number of hydrogen-bond donors (Lipinski definition) is 3. The van der Waals surface area contributed by atoms with Gasteiger partial charge in [-0.25, -0.2) is 0 Å². The van der Waals surface area contributed by atoms with Gasteiger partial charge in [0.25, 0.3) is 0 Å². The molecule has 1 aromatic carbocycles. The molecule has 0 amide bonds. The van der Waals surface area contributed by atoms with Crippen LogP contribution in [0, 0.1) is 0 Å². The molecule has 0 saturated heterocycles. The van der Waals surface area contributed by atoms with E-state index >= 15 is 0 Å². The Hall–Kier alpha value is -1.26. The average Bonchev–Trinajstić information content (AvgIpc) is 2.18. The zero-order valence-corrected chi connectivity index (χ0v) is 7.58. The van der Waals surface area contributed by atoms with Gasteiger partial charge < -0.3 is 15.3 Å². The lowest BCUT2D eigenvalue weighted by molar-refractivity contribution is 0.267. The van der Waals surface area contributed by atoms with Gasteiger partial charge in [0.05, 0.1) is 18.9 Å². The van der Waals surface area contributed by atoms with Crippen molar-refractivity contribution in [3.63, 3.8) is 0 Å². The minimum atomic E-state index is -0.0276. The lowest BCUT2D eigenvalue weighted by atomic mass is 10.2. The Labute approximate surface area is 77.3 Å². The highest BCUT2D eigenvalue weighted by molar-refractivity contribution is 5.50. The molecular formula is C9H14N2O2. The van der Waals surface area contributed by atoms with Gasteiger partial charge in [-0.2, -0.15) is 0 Å². The van der Waals surface area contributed by atoms with Crippen LogP contribution in [0.1, 0.15) is 12.5 Å². The first-order chi connectivity index (χ1) is 6.31. The molecule has 72 valence electrons. The second-order valence-electron chi connectivity index (χ2n) is 2.56. The molecule has 0 saturated carbocycles. The largest absolute Gasteiger partial charge is 0.493 e. The highest BCUT2D eigenvalue weighted by Gasteiger charge is 2.02. The highest BCUT2D eigenvalue weighted by Crippen LogP contribution is 2.22. The number of hydrogen-bond acceptors (Lipinski definition) is 4. The van der Waals surface area contributed by atoms with Crippen LogP contribution in [0.2, 0.25) is 0 Å². The zero-order valence-electron chi connectivity index (χ0n) is 7.58. The molecule has 0 radical (unpaired) electrons. The summed E-state index contributed by atoms with van der Waals surface area (Å²) in [4.78, 5) is 0. The number of benzene rings is 1. The third-order valence-electron chi connectivity index (χ3n) is 1.70. The summed E-state index contributed by atoms with van der Waals surface area (Å²) in [6, 6.07) is 5.32. The molecule has 0 aromatic heterocycles. The van der Waals surface area contributed by atoms with Gasteiger partial charge in [0.2, 0.25) is 0 Å². The molecule has 4 nitrogen and oxygen atoms in total. The molecular weight excluding hydrogens is 168 g/mol. The number of anilines is 1. The van der Waals surface area contributed by atoms with Crippen molar-refractivity contribution < 1.29 is 9.84 Å². The van der Waals surface area contributed by atoms with Crippen LogP contribution in [0.15, 0.2) is 18.2 Å². The van der Waals surface area contributed by atoms with Gasteiger partial charge in [0.15, 0.2) is 0 Å². The summed E-state index contributed by atoms with van der Waals surface area (Å²) in [5.41, 5.74) is 4.04. The molecule has 1 rings (SSSR count). The van der Waals surface area contributed by atoms with E-state index in [-0.39, 0.29) is 6.61 Å². The number of ether oxygens (including phenoxy) is 1. The normalized spacial score (nSPS) is 9.77. The van der Waals surface area contributed by atoms with E-state index < -0.39 is 0 Å². The number of hydrazine groups is 1. The second kappa shape index (κ2) is 4.69. The van der Waals surface area contributed by atoms with Crippen molar-refractivity contribution in [2.24, 2.45) is 5.84 Å². The predicted molar refractivity (Wildman–Crippen MR) is 51.3 cm³/mol. The van der Waals surface area contributed by atoms with Crippen molar-refractivity contribution >= 4 is 5.69 Å². The zero-order chi connectivity index (χ0) is 9.68. The number of nitrogens with one attached hydrogen (secondary N) is 1. The number of rotatable bonds is 4. The van der Waals surface area contributed by atoms with Crippen molar-refractivity contribution in [1.82, 2.24) is 0 Å². The molecule has 0 aliphatic carbocycles. The molecule has 0 spiro atoms. The Kier molecular flexibility index (Phi) is 3.54. The predicted octanol–water partition coefficient (Wildman–Crippen LogP) is 0.863. The third-order valence-corrected chi connectivity index (χ3v) is 1.70. The van der Waals surface area contributed by atoms with Gasteiger partial charge in [-0.05, 0) is 13.0 Å². The molecule has 0 aliphatic heterocycles. The molecule has 0 atom stereocenters. The molecule has 1 aromatic rings. The number of aliphatic hydroxyl groups is 1. The molecule has 0 unspecified atom stereocenters. The van der Waals surface area contributed by atoms with Gasteiger partial charge in [0, 0.05) is 11.6 Å². The van der Waals surface area contributed by atoms with Crippen molar-refractivity contribution in [2.75, 3.05) is 12.0 Å². The molecule has 0 bridgehead atoms. The Morgan fingerprint density at radius 3 is 2.85 bits per heavy atom. The maximum absolute atomic E-state index is 8.98. The van der Waals surface area contributed by atoms with Gasteiger partial charge in [-0.1, -0.05) is 6.07 Å². The summed E-state index contributed by atoms with van der Waals surface area (Å²) in [7, 11) is 0. The Bertz CT molecular complexity index is 276. The van der Waals surface area contributed by atoms with Crippen LogP contribution in [0.4, 0.5) is 5.69 Å². The van der Waals surface area contributed by atoms with Crippen LogP contribution >= 0.6 is 0 Å². The summed E-state index contributed by atoms with van der Waals surface area (Å²) in [6.45, 7) is 2.44. The van der Waals surface area contributed by atoms with Crippen molar-refractivity contribution in [3.05, 3.63) is 23.8 Å². The van der Waals surface area contributed by atoms with Crippen molar-refractivity contribution in [1.29, 1.82) is 0 Å². The summed E-state index contributed by atoms with van der Waals surface area (Å²) in [5.74, 6) is 5.91. The van der Waals surface area contributed by atoms with E-state index in [4.69, 9.17) is 15.7 Å². The van der Waals surface area contributed by atoms with Gasteiger partial charge >= 0.3 is 0 Å². The van der Waals surface area contributed by atoms with Crippen LogP contribution in [0.5, 0.6) is 5.75 Å². The second-order valence-corrected chi connectivity index (χ2v) is 2.56. The van der Waals surface area contributed by atoms with E-state index in [1.165, 1.54) is 0 Å². The summed E-state index contributed by atoms with van der Waals surface area (Å²) < 4.78 is 5.31. The average molecular weight is 182 g/mol. The summed E-state index contributed by atoms with van der Waals surface area (Å²) in [6.07, 6.45) is 0. The fourth-order valence-corrected chi connectivity index (χ4v) is 1.06. The Morgan fingerprint density at radius 2 is 2.31 bits per heavy atom. The van der Waals surface area contributed by atoms with Gasteiger partial charge in [-0.3, -0.25) is 5.84 Å². The van der Waals surface area contributed by atoms with Crippen LogP contribution in [0.25, 0.3) is 0 Å². The Balaban J connectivity index is 2.95. The van der Waals surface area contributed by atoms with Crippen LogP contribution in [-0.4, -0.2) is 11.7 Å². The molecule has 13 heavy (non-hydrogen) atoms. The Morgan fingerprint density at radius 1 is 1.54 bits per heavy atom. The lowest BCUT2D eigenvalue weighted by Crippen LogP contribution is -2.07. The summed E-state index contributed by atoms with van der Waals surface area (Å²) in [5, 5.41) is 8.98. The van der Waals surface area contributed by atoms with E-state index in [1.807, 2.05) is 6.92 Å². The fraction of sp³-hybridized carbons (Fsp3) is 0.333. The third kappa shape index (κ3) is 2.34. The van der Waals surface area contributed by atoms with Gasteiger partial charge in [0.1, 0.15) is 5.75 Å². The minimum Gasteiger partial charge on any atom is -0.493 e. The van der Waals surface area contributed by atoms with Crippen LogP contribution < -0.4 is 16.0 Å². The van der Waals surface area contributed by atoms with Crippen molar-refractivity contribution in [2.45, 2.75) is 13.5 Å². The maximum Gasteiger partial charge on any atom is 0.126 e. The first kappa shape index (κ1) is 9.83. The van der Waals surface area contributed by atoms with Crippen LogP contribution in [0.3, 0.4) is 0 Å². The monoisotopic (exact) mass is 182 g/mol. The van der Waals surface area contributed by atoms with Gasteiger partial charge in [-0.15, -0.1) is 0 Å². The first-order valence-electron chi connectivity index (χ1n) is 4.15. The fourth-order valence-electron chi connectivity index (χ4n) is 1.06. The summed E-state index contributed by atoms with van der Waals surface area (Å²) >= 11 is 0. The smallest absolute Gasteiger partial charge is 0.126 e. The lowest BCUT2D eigenvalue weighted by Gasteiger charge is -2.09. The molecule has 0 heterocycles. The van der Waals surface area contributed by atoms with E-state index in [9.17, 15) is 0 Å². The standard InChI is InChI=1S/C9H14N2O2/c1-2-13-9-5-8(11-10)4-3-7(9)6-12/h3-5,11-12H,2,6,10H2,1H3. The first-order valence-corrected chi connectivity index (χ1v) is 4.15. The SMILES string of the molecule is CCOc1cc(NN)ccc1CO. The van der Waals surface area contributed by atoms with Crippen LogP contribution in [-0.2, 0) is 6.61 Å². The molecule has 4 heteroatoms. The van der Waals surface area contributed by atoms with Crippen molar-refractivity contribution in [3.8, 4) is 5.75 Å². The maximum atomic E-state index is 8.98. The minimum absolute atomic E-state index is 0.0276. The number of aliphatic hydroxyl groups excluding tert-OH is 1. The van der Waals surface area contributed by atoms with E-state index in [1.54, 1.807) is 18.2 Å². The quantitative estimate of drug-likeness (QED) is 0.477. The van der Waals surface area contributed by atoms with E-state index in [0.717, 1.165) is 11.3 Å². The topological polar surface area (TPSA) is 67.5 Å². The van der Waals surface area contributed by atoms with E-state index in [2.05, 4.69) is 5.43 Å². The molecule has 4 N–H and O–H groups in total.